The summed E-state index contributed by atoms with van der Waals surface area (Å²) >= 11 is 0. The zero-order valence-corrected chi connectivity index (χ0v) is 21.2. The Bertz CT molecular complexity index is 1240. The number of nitrogens with zero attached hydrogens (tertiary/aromatic N) is 3. The molecule has 0 spiro atoms. The van der Waals surface area contributed by atoms with Gasteiger partial charge in [0.25, 0.3) is 5.56 Å². The van der Waals surface area contributed by atoms with Crippen LogP contribution in [0.1, 0.15) is 45.5 Å². The summed E-state index contributed by atoms with van der Waals surface area (Å²) in [5.41, 5.74) is 0.906. The molecule has 0 aliphatic heterocycles. The minimum Gasteiger partial charge on any atom is -0.494 e. The van der Waals surface area contributed by atoms with Gasteiger partial charge in [0.05, 0.1) is 48.9 Å². The smallest absolute Gasteiger partial charge is 0.306 e. The van der Waals surface area contributed by atoms with Crippen LogP contribution in [0.15, 0.2) is 53.3 Å². The molecule has 192 valence electrons. The van der Waals surface area contributed by atoms with Crippen LogP contribution in [0, 0.1) is 0 Å². The number of hydrogen-bond acceptors (Lipinski definition) is 7. The van der Waals surface area contributed by atoms with Crippen molar-refractivity contribution in [2.45, 2.75) is 39.7 Å². The molecule has 1 aromatic heterocycles. The van der Waals surface area contributed by atoms with Crippen LogP contribution < -0.4 is 10.3 Å². The molecular weight excluding hydrogens is 462 g/mol. The third kappa shape index (κ3) is 6.28. The largest absolute Gasteiger partial charge is 0.494 e. The maximum Gasteiger partial charge on any atom is 0.306 e. The molecule has 9 nitrogen and oxygen atoms in total. The highest BCUT2D eigenvalue weighted by atomic mass is 16.5. The standard InChI is InChI=1S/C27H33N3O6/c1-5-35-21-13-11-20(12-14-21)30-26(28-23-10-8-7-9-22(23)27(30)33)19(3)29(17-18-34-4)24(31)15-16-25(32)36-6-2/h7-14,19H,5-6,15-18H2,1-4H3. The molecule has 3 aromatic rings. The molecule has 2 aromatic carbocycles. The molecule has 0 N–H and O–H groups in total. The molecule has 3 rings (SSSR count). The number of ether oxygens (including phenoxy) is 3. The Labute approximate surface area is 210 Å². The fourth-order valence-corrected chi connectivity index (χ4v) is 3.99. The summed E-state index contributed by atoms with van der Waals surface area (Å²) in [6.45, 7) is 6.78. The molecule has 0 saturated heterocycles. The number of rotatable bonds is 12. The highest BCUT2D eigenvalue weighted by molar-refractivity contribution is 5.82. The fourth-order valence-electron chi connectivity index (χ4n) is 3.99. The number of benzene rings is 2. The number of carbonyl (C=O) groups is 2. The summed E-state index contributed by atoms with van der Waals surface area (Å²) in [6.07, 6.45) is -0.0481. The van der Waals surface area contributed by atoms with Gasteiger partial charge in [0.2, 0.25) is 5.91 Å². The van der Waals surface area contributed by atoms with Gasteiger partial charge >= 0.3 is 5.97 Å². The molecule has 1 atom stereocenters. The topological polar surface area (TPSA) is 100.0 Å². The summed E-state index contributed by atoms with van der Waals surface area (Å²) in [6, 6.07) is 13.7. The second kappa shape index (κ2) is 12.8. The molecule has 0 bridgehead atoms. The van der Waals surface area contributed by atoms with Gasteiger partial charge in [0.15, 0.2) is 0 Å². The third-order valence-electron chi connectivity index (χ3n) is 5.75. The number of carbonyl (C=O) groups excluding carboxylic acids is 2. The number of methoxy groups -OCH3 is 1. The van der Waals surface area contributed by atoms with E-state index in [9.17, 15) is 14.4 Å². The lowest BCUT2D eigenvalue weighted by atomic mass is 10.1. The van der Waals surface area contributed by atoms with Crippen LogP contribution in [0.2, 0.25) is 0 Å². The first-order valence-electron chi connectivity index (χ1n) is 12.1. The van der Waals surface area contributed by atoms with Crippen molar-refractivity contribution in [2.75, 3.05) is 33.5 Å². The van der Waals surface area contributed by atoms with Gasteiger partial charge in [-0.1, -0.05) is 12.1 Å². The van der Waals surface area contributed by atoms with E-state index in [0.717, 1.165) is 0 Å². The molecule has 1 heterocycles. The van der Waals surface area contributed by atoms with Crippen molar-refractivity contribution in [3.05, 3.63) is 64.7 Å². The van der Waals surface area contributed by atoms with Crippen molar-refractivity contribution in [3.63, 3.8) is 0 Å². The third-order valence-corrected chi connectivity index (χ3v) is 5.75. The summed E-state index contributed by atoms with van der Waals surface area (Å²) in [7, 11) is 1.55. The van der Waals surface area contributed by atoms with Crippen LogP contribution in [0.25, 0.3) is 16.6 Å². The van der Waals surface area contributed by atoms with E-state index in [1.165, 1.54) is 4.57 Å². The van der Waals surface area contributed by atoms with Gasteiger partial charge in [-0.15, -0.1) is 0 Å². The molecule has 1 amide bonds. The zero-order chi connectivity index (χ0) is 26.1. The van der Waals surface area contributed by atoms with E-state index < -0.39 is 12.0 Å². The number of para-hydroxylation sites is 1. The Morgan fingerprint density at radius 1 is 1.03 bits per heavy atom. The Balaban J connectivity index is 2.08. The van der Waals surface area contributed by atoms with Crippen molar-refractivity contribution in [2.24, 2.45) is 0 Å². The Morgan fingerprint density at radius 3 is 2.42 bits per heavy atom. The van der Waals surface area contributed by atoms with Crippen LogP contribution in [0.4, 0.5) is 0 Å². The van der Waals surface area contributed by atoms with E-state index in [-0.39, 0.29) is 44.1 Å². The summed E-state index contributed by atoms with van der Waals surface area (Å²) < 4.78 is 17.3. The minimum atomic E-state index is -0.585. The SMILES string of the molecule is CCOC(=O)CCC(=O)N(CCOC)C(C)c1nc2ccccc2c(=O)n1-c1ccc(OCC)cc1. The Morgan fingerprint density at radius 2 is 1.75 bits per heavy atom. The van der Waals surface area contributed by atoms with Crippen molar-refractivity contribution >= 4 is 22.8 Å². The Kier molecular flexibility index (Phi) is 9.58. The van der Waals surface area contributed by atoms with Gasteiger partial charge in [-0.2, -0.15) is 0 Å². The number of esters is 1. The lowest BCUT2D eigenvalue weighted by Crippen LogP contribution is -2.39. The van der Waals surface area contributed by atoms with Gasteiger partial charge in [0.1, 0.15) is 11.6 Å². The van der Waals surface area contributed by atoms with Crippen molar-refractivity contribution < 1.29 is 23.8 Å². The lowest BCUT2D eigenvalue weighted by Gasteiger charge is -2.30. The van der Waals surface area contributed by atoms with Crippen LogP contribution in [-0.2, 0) is 19.1 Å². The molecule has 0 aliphatic carbocycles. The predicted molar refractivity (Wildman–Crippen MR) is 136 cm³/mol. The second-order valence-electron chi connectivity index (χ2n) is 8.12. The number of amides is 1. The second-order valence-corrected chi connectivity index (χ2v) is 8.12. The number of aromatic nitrogens is 2. The molecule has 0 fully saturated rings. The molecule has 0 saturated carbocycles. The van der Waals surface area contributed by atoms with Gasteiger partial charge in [0, 0.05) is 20.1 Å². The maximum atomic E-state index is 13.7. The van der Waals surface area contributed by atoms with Crippen LogP contribution in [-0.4, -0.2) is 59.8 Å². The predicted octanol–water partition coefficient (Wildman–Crippen LogP) is 3.66. The normalized spacial score (nSPS) is 11.8. The first-order valence-corrected chi connectivity index (χ1v) is 12.1. The molecule has 9 heteroatoms. The van der Waals surface area contributed by atoms with Crippen molar-refractivity contribution in [1.29, 1.82) is 0 Å². The first-order chi connectivity index (χ1) is 17.4. The van der Waals surface area contributed by atoms with E-state index >= 15 is 0 Å². The van der Waals surface area contributed by atoms with E-state index in [1.54, 1.807) is 61.4 Å². The quantitative estimate of drug-likeness (QED) is 0.354. The van der Waals surface area contributed by atoms with Crippen LogP contribution >= 0.6 is 0 Å². The molecule has 0 aliphatic rings. The summed E-state index contributed by atoms with van der Waals surface area (Å²) in [5.74, 6) is 0.408. The average Bonchev–Trinajstić information content (AvgIpc) is 2.88. The maximum absolute atomic E-state index is 13.7. The number of hydrogen-bond donors (Lipinski definition) is 0. The molecule has 1 unspecified atom stereocenters. The van der Waals surface area contributed by atoms with Crippen LogP contribution in [0.3, 0.4) is 0 Å². The van der Waals surface area contributed by atoms with E-state index in [0.29, 0.717) is 34.8 Å². The lowest BCUT2D eigenvalue weighted by molar-refractivity contribution is -0.146. The van der Waals surface area contributed by atoms with Crippen LogP contribution in [0.5, 0.6) is 5.75 Å². The van der Waals surface area contributed by atoms with Crippen molar-refractivity contribution in [1.82, 2.24) is 14.5 Å². The summed E-state index contributed by atoms with van der Waals surface area (Å²) in [5, 5.41) is 0.472. The summed E-state index contributed by atoms with van der Waals surface area (Å²) in [4.78, 5) is 45.1. The van der Waals surface area contributed by atoms with Gasteiger partial charge in [-0.25, -0.2) is 4.98 Å². The monoisotopic (exact) mass is 495 g/mol. The van der Waals surface area contributed by atoms with Gasteiger partial charge in [-0.3, -0.25) is 19.0 Å². The number of fused-ring (bicyclic) bond motifs is 1. The fraction of sp³-hybridized carbons (Fsp3) is 0.407. The van der Waals surface area contributed by atoms with E-state index in [4.69, 9.17) is 19.2 Å². The van der Waals surface area contributed by atoms with E-state index in [1.807, 2.05) is 19.9 Å². The van der Waals surface area contributed by atoms with E-state index in [2.05, 4.69) is 0 Å². The zero-order valence-electron chi connectivity index (χ0n) is 21.2. The van der Waals surface area contributed by atoms with Gasteiger partial charge < -0.3 is 19.1 Å². The molecule has 0 radical (unpaired) electrons. The van der Waals surface area contributed by atoms with Gasteiger partial charge in [-0.05, 0) is 57.2 Å². The minimum absolute atomic E-state index is 0.0201. The first kappa shape index (κ1) is 26.9. The average molecular weight is 496 g/mol. The Hall–Kier alpha value is -3.72. The molecule has 36 heavy (non-hydrogen) atoms. The molecular formula is C27H33N3O6. The highest BCUT2D eigenvalue weighted by Gasteiger charge is 2.27. The van der Waals surface area contributed by atoms with Crippen molar-refractivity contribution in [3.8, 4) is 11.4 Å². The highest BCUT2D eigenvalue weighted by Crippen LogP contribution is 2.25.